The van der Waals surface area contributed by atoms with Gasteiger partial charge in [-0.2, -0.15) is 11.8 Å². The van der Waals surface area contributed by atoms with Gasteiger partial charge < -0.3 is 15.4 Å². The summed E-state index contributed by atoms with van der Waals surface area (Å²) >= 11 is 2.08. The molecule has 2 N–H and O–H groups in total. The van der Waals surface area contributed by atoms with Crippen molar-refractivity contribution in [1.29, 1.82) is 0 Å². The first kappa shape index (κ1) is 17.4. The molecule has 2 aliphatic rings. The molecule has 0 saturated carbocycles. The molecule has 19 heavy (non-hydrogen) atoms. The van der Waals surface area contributed by atoms with Crippen molar-refractivity contribution < 1.29 is 4.74 Å². The van der Waals surface area contributed by atoms with Crippen LogP contribution in [0.1, 0.15) is 25.7 Å². The number of nitrogens with one attached hydrogen (secondary N) is 2. The molecule has 2 heterocycles. The maximum Gasteiger partial charge on any atom is 0.191 e. The summed E-state index contributed by atoms with van der Waals surface area (Å²) in [5.74, 6) is 3.01. The van der Waals surface area contributed by atoms with E-state index in [1.165, 1.54) is 31.4 Å². The Kier molecular flexibility index (Phi) is 9.23. The van der Waals surface area contributed by atoms with E-state index in [-0.39, 0.29) is 24.0 Å². The van der Waals surface area contributed by atoms with Crippen LogP contribution in [0.15, 0.2) is 4.99 Å². The van der Waals surface area contributed by atoms with Gasteiger partial charge in [0.25, 0.3) is 0 Å². The van der Waals surface area contributed by atoms with E-state index in [9.17, 15) is 0 Å². The standard InChI is InChI=1S/C13H25N3OS.HI/c1-14-13(16-10-12-3-2-8-18-12)15-9-11-4-6-17-7-5-11;/h11-12H,2-10H2,1H3,(H2,14,15,16);1H. The second-order valence-electron chi connectivity index (χ2n) is 5.02. The maximum atomic E-state index is 5.37. The first-order valence-corrected chi connectivity index (χ1v) is 8.07. The van der Waals surface area contributed by atoms with Crippen LogP contribution < -0.4 is 10.6 Å². The maximum absolute atomic E-state index is 5.37. The van der Waals surface area contributed by atoms with E-state index in [1.807, 2.05) is 7.05 Å². The molecule has 0 aliphatic carbocycles. The highest BCUT2D eigenvalue weighted by Crippen LogP contribution is 2.25. The second-order valence-corrected chi connectivity index (χ2v) is 6.43. The Morgan fingerprint density at radius 2 is 1.95 bits per heavy atom. The highest BCUT2D eigenvalue weighted by molar-refractivity contribution is 14.0. The fourth-order valence-corrected chi connectivity index (χ4v) is 3.63. The van der Waals surface area contributed by atoms with Gasteiger partial charge in [-0.15, -0.1) is 24.0 Å². The van der Waals surface area contributed by atoms with Gasteiger partial charge in [0, 0.05) is 38.6 Å². The Morgan fingerprint density at radius 1 is 1.21 bits per heavy atom. The molecule has 1 unspecified atom stereocenters. The average Bonchev–Trinajstić information content (AvgIpc) is 2.93. The zero-order valence-corrected chi connectivity index (χ0v) is 14.8. The minimum atomic E-state index is 0. The van der Waals surface area contributed by atoms with Crippen LogP contribution in [0, 0.1) is 5.92 Å². The fraction of sp³-hybridized carbons (Fsp3) is 0.923. The third-order valence-corrected chi connectivity index (χ3v) is 5.04. The lowest BCUT2D eigenvalue weighted by atomic mass is 10.0. The van der Waals surface area contributed by atoms with Crippen molar-refractivity contribution in [2.45, 2.75) is 30.9 Å². The van der Waals surface area contributed by atoms with Gasteiger partial charge in [0.15, 0.2) is 5.96 Å². The molecule has 0 amide bonds. The van der Waals surface area contributed by atoms with Crippen molar-refractivity contribution in [2.75, 3.05) is 39.1 Å². The van der Waals surface area contributed by atoms with E-state index < -0.39 is 0 Å². The van der Waals surface area contributed by atoms with Gasteiger partial charge in [-0.05, 0) is 37.4 Å². The molecule has 0 aromatic carbocycles. The van der Waals surface area contributed by atoms with Crippen molar-refractivity contribution in [3.63, 3.8) is 0 Å². The number of hydrogen-bond donors (Lipinski definition) is 2. The fourth-order valence-electron chi connectivity index (χ4n) is 2.43. The van der Waals surface area contributed by atoms with Crippen LogP contribution in [0.25, 0.3) is 0 Å². The zero-order chi connectivity index (χ0) is 12.6. The third-order valence-electron chi connectivity index (χ3n) is 3.64. The third kappa shape index (κ3) is 6.53. The van der Waals surface area contributed by atoms with Crippen LogP contribution in [-0.2, 0) is 4.74 Å². The predicted octanol–water partition coefficient (Wildman–Crippen LogP) is 2.09. The van der Waals surface area contributed by atoms with Gasteiger partial charge in [0.1, 0.15) is 0 Å². The van der Waals surface area contributed by atoms with Crippen LogP contribution in [-0.4, -0.2) is 50.3 Å². The predicted molar refractivity (Wildman–Crippen MR) is 93.8 cm³/mol. The molecule has 0 aromatic heterocycles. The summed E-state index contributed by atoms with van der Waals surface area (Å²) in [6, 6.07) is 0. The van der Waals surface area contributed by atoms with Crippen molar-refractivity contribution in [3.8, 4) is 0 Å². The molecule has 0 aromatic rings. The number of aliphatic imine (C=N–C) groups is 1. The monoisotopic (exact) mass is 399 g/mol. The van der Waals surface area contributed by atoms with Gasteiger partial charge in [-0.1, -0.05) is 0 Å². The molecule has 6 heteroatoms. The molecule has 2 aliphatic heterocycles. The first-order chi connectivity index (χ1) is 8.88. The van der Waals surface area contributed by atoms with Crippen LogP contribution in [0.2, 0.25) is 0 Å². The molecular weight excluding hydrogens is 373 g/mol. The lowest BCUT2D eigenvalue weighted by Gasteiger charge is -2.23. The topological polar surface area (TPSA) is 45.7 Å². The zero-order valence-electron chi connectivity index (χ0n) is 11.7. The van der Waals surface area contributed by atoms with Crippen LogP contribution in [0.4, 0.5) is 0 Å². The largest absolute Gasteiger partial charge is 0.381 e. The van der Waals surface area contributed by atoms with Crippen LogP contribution in [0.3, 0.4) is 0 Å². The lowest BCUT2D eigenvalue weighted by Crippen LogP contribution is -2.42. The second kappa shape index (κ2) is 10.1. The number of thioether (sulfide) groups is 1. The summed E-state index contributed by atoms with van der Waals surface area (Å²) in [5.41, 5.74) is 0. The highest BCUT2D eigenvalue weighted by atomic mass is 127. The molecule has 2 rings (SSSR count). The molecule has 4 nitrogen and oxygen atoms in total. The molecule has 0 spiro atoms. The van der Waals surface area contributed by atoms with E-state index in [4.69, 9.17) is 4.74 Å². The van der Waals surface area contributed by atoms with Crippen molar-refractivity contribution in [2.24, 2.45) is 10.9 Å². The molecule has 2 saturated heterocycles. The average molecular weight is 399 g/mol. The van der Waals surface area contributed by atoms with Crippen molar-refractivity contribution >= 4 is 41.7 Å². The number of rotatable bonds is 4. The van der Waals surface area contributed by atoms with Crippen LogP contribution >= 0.6 is 35.7 Å². The van der Waals surface area contributed by atoms with E-state index in [1.54, 1.807) is 0 Å². The number of guanidine groups is 1. The van der Waals surface area contributed by atoms with Gasteiger partial charge in [0.05, 0.1) is 0 Å². The van der Waals surface area contributed by atoms with E-state index in [2.05, 4.69) is 27.4 Å². The van der Waals surface area contributed by atoms with Crippen molar-refractivity contribution in [1.82, 2.24) is 10.6 Å². The smallest absolute Gasteiger partial charge is 0.191 e. The minimum absolute atomic E-state index is 0. The Hall–Kier alpha value is 0.310. The number of nitrogens with zero attached hydrogens (tertiary/aromatic N) is 1. The number of hydrogen-bond acceptors (Lipinski definition) is 3. The minimum Gasteiger partial charge on any atom is -0.381 e. The summed E-state index contributed by atoms with van der Waals surface area (Å²) in [6.45, 7) is 3.88. The van der Waals surface area contributed by atoms with Crippen molar-refractivity contribution in [3.05, 3.63) is 0 Å². The molecule has 112 valence electrons. The van der Waals surface area contributed by atoms with Crippen LogP contribution in [0.5, 0.6) is 0 Å². The summed E-state index contributed by atoms with van der Waals surface area (Å²) in [7, 11) is 1.85. The molecule has 0 radical (unpaired) electrons. The number of ether oxygens (including phenoxy) is 1. The summed E-state index contributed by atoms with van der Waals surface area (Å²) < 4.78 is 5.37. The molecule has 0 bridgehead atoms. The lowest BCUT2D eigenvalue weighted by molar-refractivity contribution is 0.0675. The van der Waals surface area contributed by atoms with Gasteiger partial charge in [-0.25, -0.2) is 0 Å². The first-order valence-electron chi connectivity index (χ1n) is 7.02. The summed E-state index contributed by atoms with van der Waals surface area (Å²) in [4.78, 5) is 4.29. The molecular formula is C13H26IN3OS. The van der Waals surface area contributed by atoms with Gasteiger partial charge >= 0.3 is 0 Å². The Morgan fingerprint density at radius 3 is 2.58 bits per heavy atom. The number of halogens is 1. The Labute approximate surface area is 137 Å². The highest BCUT2D eigenvalue weighted by Gasteiger charge is 2.17. The van der Waals surface area contributed by atoms with E-state index in [0.717, 1.165) is 43.4 Å². The summed E-state index contributed by atoms with van der Waals surface area (Å²) in [5, 5.41) is 7.64. The SMILES string of the molecule is CN=C(NCC1CCOCC1)NCC1CCCS1.I. The van der Waals surface area contributed by atoms with Gasteiger partial charge in [0.2, 0.25) is 0 Å². The normalized spacial score (nSPS) is 24.9. The molecule has 2 fully saturated rings. The quantitative estimate of drug-likeness (QED) is 0.432. The van der Waals surface area contributed by atoms with E-state index in [0.29, 0.717) is 0 Å². The Balaban J connectivity index is 0.00000180. The van der Waals surface area contributed by atoms with E-state index >= 15 is 0 Å². The van der Waals surface area contributed by atoms with Gasteiger partial charge in [-0.3, -0.25) is 4.99 Å². The molecule has 1 atom stereocenters. The Bertz CT molecular complexity index is 267. The summed E-state index contributed by atoms with van der Waals surface area (Å²) in [6.07, 6.45) is 5.05.